The van der Waals surface area contributed by atoms with Crippen molar-refractivity contribution >= 4 is 56.0 Å². The monoisotopic (exact) mass is 480 g/mol. The minimum Gasteiger partial charge on any atom is -0.267 e. The second-order valence-corrected chi connectivity index (χ2v) is 10.8. The van der Waals surface area contributed by atoms with Crippen LogP contribution in [0.3, 0.4) is 0 Å². The molecule has 0 aliphatic rings. The summed E-state index contributed by atoms with van der Waals surface area (Å²) in [5.74, 6) is -0.335. The summed E-state index contributed by atoms with van der Waals surface area (Å²) >= 11 is 13.2. The highest BCUT2D eigenvalue weighted by Gasteiger charge is 2.15. The van der Waals surface area contributed by atoms with E-state index in [0.717, 1.165) is 10.4 Å². The number of halogens is 2. The third-order valence-corrected chi connectivity index (χ3v) is 7.60. The van der Waals surface area contributed by atoms with Gasteiger partial charge in [-0.2, -0.15) is 5.10 Å². The van der Waals surface area contributed by atoms with E-state index in [-0.39, 0.29) is 17.4 Å². The lowest BCUT2D eigenvalue weighted by Gasteiger charge is -2.07. The summed E-state index contributed by atoms with van der Waals surface area (Å²) in [5, 5.41) is 5.43. The smallest absolute Gasteiger partial charge is 0.267 e. The first-order valence-corrected chi connectivity index (χ1v) is 12.4. The van der Waals surface area contributed by atoms with Crippen molar-refractivity contribution in [2.75, 3.05) is 5.75 Å². The summed E-state index contributed by atoms with van der Waals surface area (Å²) < 4.78 is 23.9. The van der Waals surface area contributed by atoms with Crippen molar-refractivity contribution < 1.29 is 13.2 Å². The van der Waals surface area contributed by atoms with Gasteiger partial charge in [-0.3, -0.25) is 4.79 Å². The Balaban J connectivity index is 1.92. The lowest BCUT2D eigenvalue weighted by molar-refractivity contribution is 0.0955. The molecule has 0 aliphatic carbocycles. The third-order valence-electron chi connectivity index (χ3n) is 4.19. The van der Waals surface area contributed by atoms with Crippen LogP contribution in [0.2, 0.25) is 10.0 Å². The van der Waals surface area contributed by atoms with Gasteiger partial charge in [0.15, 0.2) is 9.84 Å². The van der Waals surface area contributed by atoms with Crippen LogP contribution >= 0.6 is 34.5 Å². The second-order valence-electron chi connectivity index (χ2n) is 6.36. The topological polar surface area (TPSA) is 75.6 Å². The van der Waals surface area contributed by atoms with Crippen molar-refractivity contribution in [2.45, 2.75) is 12.7 Å². The molecule has 0 bridgehead atoms. The van der Waals surface area contributed by atoms with Gasteiger partial charge in [0.1, 0.15) is 5.71 Å². The Morgan fingerprint density at radius 1 is 0.933 bits per heavy atom. The second kappa shape index (κ2) is 9.75. The highest BCUT2D eigenvalue weighted by atomic mass is 35.5. The molecule has 5 nitrogen and oxygen atoms in total. The lowest BCUT2D eigenvalue weighted by atomic mass is 10.1. The fourth-order valence-electron chi connectivity index (χ4n) is 2.54. The Bertz CT molecular complexity index is 1170. The van der Waals surface area contributed by atoms with Crippen molar-refractivity contribution in [1.82, 2.24) is 5.43 Å². The number of hydrazone groups is 1. The van der Waals surface area contributed by atoms with E-state index in [1.54, 1.807) is 67.6 Å². The molecule has 1 heterocycles. The van der Waals surface area contributed by atoms with Gasteiger partial charge in [0.25, 0.3) is 5.91 Å². The quantitative estimate of drug-likeness (QED) is 0.374. The van der Waals surface area contributed by atoms with Crippen LogP contribution in [-0.4, -0.2) is 25.8 Å². The summed E-state index contributed by atoms with van der Waals surface area (Å²) in [6.07, 6.45) is 0. The first-order chi connectivity index (χ1) is 14.3. The molecule has 3 rings (SSSR count). The zero-order valence-corrected chi connectivity index (χ0v) is 19.1. The van der Waals surface area contributed by atoms with Gasteiger partial charge < -0.3 is 0 Å². The van der Waals surface area contributed by atoms with Gasteiger partial charge in [-0.1, -0.05) is 42.3 Å². The number of thiophene rings is 1. The molecule has 3 aromatic rings. The van der Waals surface area contributed by atoms with Gasteiger partial charge >= 0.3 is 0 Å². The Morgan fingerprint density at radius 3 is 2.07 bits per heavy atom. The third kappa shape index (κ3) is 5.92. The van der Waals surface area contributed by atoms with Crippen molar-refractivity contribution in [1.29, 1.82) is 0 Å². The number of sulfone groups is 1. The minimum absolute atomic E-state index is 0.0286. The van der Waals surface area contributed by atoms with E-state index in [1.165, 1.54) is 11.3 Å². The largest absolute Gasteiger partial charge is 0.271 e. The molecule has 0 unspecified atom stereocenters. The predicted octanol–water partition coefficient (Wildman–Crippen LogP) is 5.17. The van der Waals surface area contributed by atoms with Crippen LogP contribution in [0.15, 0.2) is 65.8 Å². The highest BCUT2D eigenvalue weighted by molar-refractivity contribution is 7.90. The highest BCUT2D eigenvalue weighted by Crippen LogP contribution is 2.23. The van der Waals surface area contributed by atoms with E-state index in [0.29, 0.717) is 26.2 Å². The number of nitrogens with zero attached hydrogens (tertiary/aromatic N) is 1. The standard InChI is InChI=1S/C21H18Cl2N2O3S2/c1-2-30(27,28)13-18-11-12-19(29-18)20(14-3-7-16(22)8-4-14)24-25-21(26)15-5-9-17(23)10-6-15/h3-12H,2,13H2,1H3,(H,25,26). The fraction of sp³-hybridized carbons (Fsp3) is 0.143. The molecule has 30 heavy (non-hydrogen) atoms. The Morgan fingerprint density at radius 2 is 1.50 bits per heavy atom. The van der Waals surface area contributed by atoms with Gasteiger partial charge in [-0.25, -0.2) is 13.8 Å². The Labute approximate surface area is 189 Å². The normalized spacial score (nSPS) is 12.0. The molecular weight excluding hydrogens is 463 g/mol. The first-order valence-electron chi connectivity index (χ1n) is 8.96. The maximum absolute atomic E-state index is 12.5. The van der Waals surface area contributed by atoms with Gasteiger partial charge in [0.05, 0.1) is 10.6 Å². The van der Waals surface area contributed by atoms with Crippen LogP contribution in [0.25, 0.3) is 0 Å². The lowest BCUT2D eigenvalue weighted by Crippen LogP contribution is -2.20. The molecule has 1 N–H and O–H groups in total. The minimum atomic E-state index is -3.15. The molecular formula is C21H18Cl2N2O3S2. The molecule has 2 aromatic carbocycles. The van der Waals surface area contributed by atoms with Gasteiger partial charge in [0, 0.05) is 31.8 Å². The van der Waals surface area contributed by atoms with Crippen molar-refractivity contribution in [3.8, 4) is 0 Å². The maximum atomic E-state index is 12.5. The van der Waals surface area contributed by atoms with Gasteiger partial charge in [0.2, 0.25) is 0 Å². The van der Waals surface area contributed by atoms with Crippen molar-refractivity contribution in [3.63, 3.8) is 0 Å². The molecule has 0 saturated heterocycles. The zero-order valence-electron chi connectivity index (χ0n) is 15.9. The predicted molar refractivity (Wildman–Crippen MR) is 123 cm³/mol. The number of hydrogen-bond acceptors (Lipinski definition) is 5. The number of rotatable bonds is 7. The maximum Gasteiger partial charge on any atom is 0.271 e. The number of carbonyl (C=O) groups is 1. The molecule has 1 aromatic heterocycles. The van der Waals surface area contributed by atoms with E-state index in [1.807, 2.05) is 0 Å². The van der Waals surface area contributed by atoms with Crippen molar-refractivity contribution in [2.24, 2.45) is 5.10 Å². The summed E-state index contributed by atoms with van der Waals surface area (Å²) in [6, 6.07) is 17.1. The number of carbonyl (C=O) groups excluding carboxylic acids is 1. The fourth-order valence-corrected chi connectivity index (χ4v) is 5.12. The molecule has 0 saturated carbocycles. The van der Waals surface area contributed by atoms with E-state index in [9.17, 15) is 13.2 Å². The summed E-state index contributed by atoms with van der Waals surface area (Å²) in [5.41, 5.74) is 4.23. The molecule has 0 fully saturated rings. The van der Waals surface area contributed by atoms with E-state index in [2.05, 4.69) is 10.5 Å². The molecule has 0 radical (unpaired) electrons. The number of hydrogen-bond donors (Lipinski definition) is 1. The van der Waals surface area contributed by atoms with Crippen LogP contribution in [0, 0.1) is 0 Å². The van der Waals surface area contributed by atoms with E-state index >= 15 is 0 Å². The van der Waals surface area contributed by atoms with Crippen LogP contribution in [-0.2, 0) is 15.6 Å². The summed E-state index contributed by atoms with van der Waals surface area (Å²) in [4.78, 5) is 13.9. The number of benzene rings is 2. The molecule has 0 spiro atoms. The van der Waals surface area contributed by atoms with Crippen molar-refractivity contribution in [3.05, 3.63) is 91.6 Å². The molecule has 1 amide bonds. The van der Waals surface area contributed by atoms with Gasteiger partial charge in [-0.05, 0) is 48.5 Å². The van der Waals surface area contributed by atoms with Crippen LogP contribution in [0.4, 0.5) is 0 Å². The zero-order chi connectivity index (χ0) is 21.7. The average molecular weight is 481 g/mol. The number of nitrogens with one attached hydrogen (secondary N) is 1. The van der Waals surface area contributed by atoms with Gasteiger partial charge in [-0.15, -0.1) is 11.3 Å². The van der Waals surface area contributed by atoms with Crippen LogP contribution in [0.5, 0.6) is 0 Å². The summed E-state index contributed by atoms with van der Waals surface area (Å²) in [7, 11) is -3.15. The Kier molecular flexibility index (Phi) is 7.31. The molecule has 0 aliphatic heterocycles. The molecule has 0 atom stereocenters. The summed E-state index contributed by atoms with van der Waals surface area (Å²) in [6.45, 7) is 1.62. The van der Waals surface area contributed by atoms with Crippen LogP contribution < -0.4 is 5.43 Å². The SMILES string of the molecule is CCS(=O)(=O)Cc1ccc(C(=NNC(=O)c2ccc(Cl)cc2)c2ccc(Cl)cc2)s1. The van der Waals surface area contributed by atoms with Crippen LogP contribution in [0.1, 0.15) is 32.6 Å². The molecule has 9 heteroatoms. The Hall–Kier alpha value is -2.19. The molecule has 156 valence electrons. The number of amides is 1. The first kappa shape index (κ1) is 22.5. The average Bonchev–Trinajstić information content (AvgIpc) is 3.17. The van der Waals surface area contributed by atoms with E-state index < -0.39 is 9.84 Å². The van der Waals surface area contributed by atoms with E-state index in [4.69, 9.17) is 23.2 Å².